The second kappa shape index (κ2) is 9.40. The molecule has 1 atom stereocenters. The molecular formula is C17H24N4O2S. The maximum Gasteiger partial charge on any atom is 0.222 e. The lowest BCUT2D eigenvalue weighted by atomic mass is 9.98. The summed E-state index contributed by atoms with van der Waals surface area (Å²) in [5.74, 6) is 1.08. The summed E-state index contributed by atoms with van der Waals surface area (Å²) in [4.78, 5) is 14.0. The molecule has 3 N–H and O–H groups in total. The summed E-state index contributed by atoms with van der Waals surface area (Å²) < 4.78 is 8.77. The van der Waals surface area contributed by atoms with Crippen LogP contribution in [0.2, 0.25) is 0 Å². The first kappa shape index (κ1) is 18.4. The Bertz CT molecular complexity index is 603. The minimum atomic E-state index is 0.228. The highest BCUT2D eigenvalue weighted by Gasteiger charge is 2.24. The highest BCUT2D eigenvalue weighted by Crippen LogP contribution is 2.28. The number of nitrogens with zero attached hydrogens (tertiary/aromatic N) is 2. The zero-order valence-corrected chi connectivity index (χ0v) is 14.8. The van der Waals surface area contributed by atoms with Crippen molar-refractivity contribution in [2.24, 2.45) is 11.1 Å². The number of nitrogens with one attached hydrogen (secondary N) is 1. The fourth-order valence-corrected chi connectivity index (χ4v) is 3.22. The maximum atomic E-state index is 12.1. The zero-order valence-electron chi connectivity index (χ0n) is 14.0. The van der Waals surface area contributed by atoms with Crippen molar-refractivity contribution in [2.75, 3.05) is 24.4 Å². The van der Waals surface area contributed by atoms with Crippen LogP contribution in [0.25, 0.3) is 0 Å². The van der Waals surface area contributed by atoms with E-state index in [2.05, 4.69) is 10.8 Å². The zero-order chi connectivity index (χ0) is 17.4. The fraction of sp³-hybridized carbons (Fsp3) is 0.529. The van der Waals surface area contributed by atoms with Crippen LogP contribution in [0.4, 0.5) is 5.69 Å². The van der Waals surface area contributed by atoms with Gasteiger partial charge in [-0.2, -0.15) is 5.26 Å². The van der Waals surface area contributed by atoms with E-state index in [1.165, 1.54) is 0 Å². The van der Waals surface area contributed by atoms with Gasteiger partial charge in [-0.3, -0.25) is 9.93 Å². The molecule has 0 aliphatic carbocycles. The Morgan fingerprint density at radius 2 is 2.42 bits per heavy atom. The standard InChI is InChI=1S/C17H24N4O2S/c1-2-5-17(22)21-9-4-6-13(11-21)12-23-16-8-3-7-15(20-24-19)14(16)10-18/h3,7-8,13,20H,2,4-6,9,11-12,19H2,1H3. The van der Waals surface area contributed by atoms with Gasteiger partial charge in [0.15, 0.2) is 0 Å². The number of benzene rings is 1. The number of nitriles is 1. The number of rotatable bonds is 7. The number of hydrogen-bond donors (Lipinski definition) is 2. The van der Waals surface area contributed by atoms with Gasteiger partial charge >= 0.3 is 0 Å². The van der Waals surface area contributed by atoms with Crippen LogP contribution in [0.3, 0.4) is 0 Å². The normalized spacial score (nSPS) is 17.2. The minimum absolute atomic E-state index is 0.228. The molecule has 0 aromatic heterocycles. The van der Waals surface area contributed by atoms with Crippen LogP contribution < -0.4 is 14.6 Å². The second-order valence-corrected chi connectivity index (χ2v) is 6.36. The van der Waals surface area contributed by atoms with Gasteiger partial charge in [-0.05, 0) is 31.4 Å². The molecule has 6 nitrogen and oxygen atoms in total. The predicted molar refractivity (Wildman–Crippen MR) is 96.3 cm³/mol. The first-order valence-corrected chi connectivity index (χ1v) is 9.13. The maximum absolute atomic E-state index is 12.1. The van der Waals surface area contributed by atoms with Crippen molar-refractivity contribution in [3.63, 3.8) is 0 Å². The average Bonchev–Trinajstić information content (AvgIpc) is 2.61. The molecule has 130 valence electrons. The Balaban J connectivity index is 1.97. The number of carbonyl (C=O) groups excluding carboxylic acids is 1. The Morgan fingerprint density at radius 1 is 1.58 bits per heavy atom. The number of nitrogens with two attached hydrogens (primary N) is 1. The molecule has 24 heavy (non-hydrogen) atoms. The molecule has 1 unspecified atom stereocenters. The monoisotopic (exact) mass is 348 g/mol. The first-order valence-electron chi connectivity index (χ1n) is 8.25. The van der Waals surface area contributed by atoms with E-state index in [0.29, 0.717) is 35.9 Å². The van der Waals surface area contributed by atoms with E-state index < -0.39 is 0 Å². The molecule has 1 aromatic carbocycles. The SMILES string of the molecule is CCCC(=O)N1CCCC(COc2cccc(NSN)c2C#N)C1. The number of ether oxygens (including phenoxy) is 1. The van der Waals surface area contributed by atoms with Gasteiger partial charge in [0, 0.05) is 37.6 Å². The van der Waals surface area contributed by atoms with Gasteiger partial charge in [-0.15, -0.1) is 0 Å². The van der Waals surface area contributed by atoms with Crippen LogP contribution in [-0.2, 0) is 4.79 Å². The third kappa shape index (κ3) is 4.79. The van der Waals surface area contributed by atoms with Gasteiger partial charge in [-0.25, -0.2) is 0 Å². The fourth-order valence-electron chi connectivity index (χ4n) is 2.92. The summed E-state index contributed by atoms with van der Waals surface area (Å²) in [6.07, 6.45) is 3.52. The van der Waals surface area contributed by atoms with Crippen LogP contribution in [0.5, 0.6) is 5.75 Å². The number of carbonyl (C=O) groups is 1. The molecule has 1 aliphatic rings. The molecule has 1 amide bonds. The summed E-state index contributed by atoms with van der Waals surface area (Å²) in [7, 11) is 0. The van der Waals surface area contributed by atoms with Crippen molar-refractivity contribution >= 4 is 23.7 Å². The predicted octanol–water partition coefficient (Wildman–Crippen LogP) is 2.91. The van der Waals surface area contributed by atoms with E-state index in [1.807, 2.05) is 17.9 Å². The highest BCUT2D eigenvalue weighted by atomic mass is 32.2. The minimum Gasteiger partial charge on any atom is -0.492 e. The second-order valence-electron chi connectivity index (χ2n) is 5.92. The largest absolute Gasteiger partial charge is 0.492 e. The summed E-state index contributed by atoms with van der Waals surface area (Å²) in [6.45, 7) is 4.10. The van der Waals surface area contributed by atoms with Gasteiger partial charge in [0.05, 0.1) is 12.3 Å². The Morgan fingerprint density at radius 3 is 3.12 bits per heavy atom. The van der Waals surface area contributed by atoms with E-state index >= 15 is 0 Å². The molecule has 1 fully saturated rings. The molecular weight excluding hydrogens is 324 g/mol. The summed E-state index contributed by atoms with van der Waals surface area (Å²) in [5, 5.41) is 14.8. The quantitative estimate of drug-likeness (QED) is 0.736. The van der Waals surface area contributed by atoms with E-state index in [9.17, 15) is 10.1 Å². The van der Waals surface area contributed by atoms with Crippen molar-refractivity contribution < 1.29 is 9.53 Å². The van der Waals surface area contributed by atoms with Crippen molar-refractivity contribution in [3.8, 4) is 11.8 Å². The van der Waals surface area contributed by atoms with Crippen LogP contribution in [0, 0.1) is 17.2 Å². The van der Waals surface area contributed by atoms with Gasteiger partial charge in [0.2, 0.25) is 5.91 Å². The molecule has 7 heteroatoms. The van der Waals surface area contributed by atoms with Crippen LogP contribution >= 0.6 is 12.1 Å². The van der Waals surface area contributed by atoms with Crippen molar-refractivity contribution in [1.82, 2.24) is 4.90 Å². The Hall–Kier alpha value is -1.91. The van der Waals surface area contributed by atoms with Gasteiger partial charge in [0.1, 0.15) is 17.4 Å². The van der Waals surface area contributed by atoms with E-state index in [1.54, 1.807) is 12.1 Å². The smallest absolute Gasteiger partial charge is 0.222 e. The van der Waals surface area contributed by atoms with Gasteiger partial charge in [-0.1, -0.05) is 13.0 Å². The number of anilines is 1. The highest BCUT2D eigenvalue weighted by molar-refractivity contribution is 7.98. The molecule has 1 aromatic rings. The Labute approximate surface area is 147 Å². The van der Waals surface area contributed by atoms with E-state index in [0.717, 1.165) is 44.5 Å². The number of amides is 1. The van der Waals surface area contributed by atoms with Crippen molar-refractivity contribution in [3.05, 3.63) is 23.8 Å². The summed E-state index contributed by atoms with van der Waals surface area (Å²) >= 11 is 0.946. The lowest BCUT2D eigenvalue weighted by Gasteiger charge is -2.32. The topological polar surface area (TPSA) is 91.4 Å². The molecule has 2 rings (SSSR count). The third-order valence-corrected chi connectivity index (χ3v) is 4.45. The third-order valence-electron chi connectivity index (χ3n) is 4.12. The molecule has 1 aliphatic heterocycles. The lowest BCUT2D eigenvalue weighted by Crippen LogP contribution is -2.41. The van der Waals surface area contributed by atoms with E-state index in [4.69, 9.17) is 9.88 Å². The van der Waals surface area contributed by atoms with Crippen LogP contribution in [0.1, 0.15) is 38.2 Å². The molecule has 0 saturated carbocycles. The van der Waals surface area contributed by atoms with Crippen LogP contribution in [-0.4, -0.2) is 30.5 Å². The van der Waals surface area contributed by atoms with E-state index in [-0.39, 0.29) is 5.91 Å². The first-order chi connectivity index (χ1) is 11.7. The molecule has 0 radical (unpaired) electrons. The van der Waals surface area contributed by atoms with Crippen molar-refractivity contribution in [2.45, 2.75) is 32.6 Å². The molecule has 1 saturated heterocycles. The molecule has 1 heterocycles. The average molecular weight is 348 g/mol. The lowest BCUT2D eigenvalue weighted by molar-refractivity contribution is -0.133. The van der Waals surface area contributed by atoms with Crippen LogP contribution in [0.15, 0.2) is 18.2 Å². The summed E-state index contributed by atoms with van der Waals surface area (Å²) in [6, 6.07) is 7.56. The van der Waals surface area contributed by atoms with Gasteiger partial charge in [0.25, 0.3) is 0 Å². The number of hydrogen-bond acceptors (Lipinski definition) is 6. The number of likely N-dealkylation sites (tertiary alicyclic amines) is 1. The molecule has 0 spiro atoms. The van der Waals surface area contributed by atoms with Crippen molar-refractivity contribution in [1.29, 1.82) is 5.26 Å². The summed E-state index contributed by atoms with van der Waals surface area (Å²) in [5.41, 5.74) is 1.09. The molecule has 0 bridgehead atoms. The number of piperidine rings is 1. The Kier molecular flexibility index (Phi) is 7.22. The van der Waals surface area contributed by atoms with Gasteiger partial charge < -0.3 is 14.4 Å².